The average molecular weight is 461 g/mol. The zero-order valence-electron chi connectivity index (χ0n) is 18.3. The molecule has 1 amide bonds. The molecule has 0 spiro atoms. The highest BCUT2D eigenvalue weighted by Gasteiger charge is 2.22. The number of aromatic nitrogens is 2. The van der Waals surface area contributed by atoms with Gasteiger partial charge in [0.1, 0.15) is 15.5 Å². The van der Waals surface area contributed by atoms with Gasteiger partial charge in [-0.05, 0) is 50.5 Å². The van der Waals surface area contributed by atoms with Crippen molar-refractivity contribution in [1.29, 1.82) is 0 Å². The number of carbonyl (C=O) groups excluding carboxylic acids is 1. The van der Waals surface area contributed by atoms with E-state index in [9.17, 15) is 9.18 Å². The number of alkyl halides is 1. The number of ether oxygens (including phenoxy) is 1. The lowest BCUT2D eigenvalue weighted by Gasteiger charge is -2.21. The van der Waals surface area contributed by atoms with Gasteiger partial charge in [-0.1, -0.05) is 0 Å². The Labute approximate surface area is 190 Å². The average Bonchev–Trinajstić information content (AvgIpc) is 3.38. The predicted molar refractivity (Wildman–Crippen MR) is 127 cm³/mol. The zero-order valence-corrected chi connectivity index (χ0v) is 19.1. The number of carbonyl (C=O) groups is 1. The van der Waals surface area contributed by atoms with Crippen molar-refractivity contribution < 1.29 is 13.9 Å². The second-order valence-electron chi connectivity index (χ2n) is 7.59. The Balaban J connectivity index is 0.000000169. The lowest BCUT2D eigenvalue weighted by Crippen LogP contribution is -2.27. The third-order valence-corrected chi connectivity index (χ3v) is 6.39. The Kier molecular flexibility index (Phi) is 7.81. The Morgan fingerprint density at radius 2 is 2.03 bits per heavy atom. The molecule has 172 valence electrons. The Morgan fingerprint density at radius 1 is 1.25 bits per heavy atom. The number of hydrogen-bond acceptors (Lipinski definition) is 8. The number of pyridine rings is 2. The molecule has 0 radical (unpaired) electrons. The fourth-order valence-corrected chi connectivity index (χ4v) is 4.64. The molecule has 8 nitrogen and oxygen atoms in total. The summed E-state index contributed by atoms with van der Waals surface area (Å²) in [5.74, 6) is 1.33. The number of amides is 1. The van der Waals surface area contributed by atoms with E-state index in [2.05, 4.69) is 27.0 Å². The van der Waals surface area contributed by atoms with E-state index >= 15 is 0 Å². The van der Waals surface area contributed by atoms with Crippen molar-refractivity contribution in [3.05, 3.63) is 40.4 Å². The Morgan fingerprint density at radius 3 is 2.72 bits per heavy atom. The van der Waals surface area contributed by atoms with Crippen molar-refractivity contribution in [1.82, 2.24) is 9.97 Å². The molecule has 0 aliphatic carbocycles. The summed E-state index contributed by atoms with van der Waals surface area (Å²) in [5.41, 5.74) is 19.4. The van der Waals surface area contributed by atoms with Crippen LogP contribution < -0.4 is 26.8 Å². The van der Waals surface area contributed by atoms with Crippen molar-refractivity contribution in [2.45, 2.75) is 32.2 Å². The molecule has 3 aromatic rings. The SMILES string of the molecule is CF.Cc1ccc2c(N)c(C(N)=O)sc2n1.NC1CCN(c2ccc3c(n2)OCCC3)C1. The van der Waals surface area contributed by atoms with Gasteiger partial charge in [0, 0.05) is 35.8 Å². The second-order valence-corrected chi connectivity index (χ2v) is 8.59. The molecule has 32 heavy (non-hydrogen) atoms. The van der Waals surface area contributed by atoms with Gasteiger partial charge in [0.2, 0.25) is 5.88 Å². The van der Waals surface area contributed by atoms with Crippen LogP contribution in [-0.2, 0) is 6.42 Å². The van der Waals surface area contributed by atoms with Crippen LogP contribution in [0.3, 0.4) is 0 Å². The van der Waals surface area contributed by atoms with Gasteiger partial charge in [0.05, 0.1) is 19.5 Å². The molecule has 10 heteroatoms. The molecule has 1 saturated heterocycles. The number of anilines is 2. The van der Waals surface area contributed by atoms with Crippen molar-refractivity contribution in [2.24, 2.45) is 11.5 Å². The predicted octanol–water partition coefficient (Wildman–Crippen LogP) is 2.82. The minimum Gasteiger partial charge on any atom is -0.477 e. The van der Waals surface area contributed by atoms with Crippen LogP contribution in [0.15, 0.2) is 24.3 Å². The number of fused-ring (bicyclic) bond motifs is 2. The summed E-state index contributed by atoms with van der Waals surface area (Å²) in [6, 6.07) is 8.23. The highest BCUT2D eigenvalue weighted by atomic mass is 32.1. The summed E-state index contributed by atoms with van der Waals surface area (Å²) in [7, 11) is 0.500. The van der Waals surface area contributed by atoms with Gasteiger partial charge in [-0.15, -0.1) is 11.3 Å². The van der Waals surface area contributed by atoms with Gasteiger partial charge in [-0.2, -0.15) is 4.98 Å². The van der Waals surface area contributed by atoms with E-state index in [1.54, 1.807) is 0 Å². The molecule has 1 fully saturated rings. The molecule has 2 aliphatic rings. The molecule has 0 saturated carbocycles. The Hall–Kier alpha value is -2.98. The first kappa shape index (κ1) is 23.7. The van der Waals surface area contributed by atoms with E-state index in [-0.39, 0.29) is 0 Å². The summed E-state index contributed by atoms with van der Waals surface area (Å²) in [4.78, 5) is 23.2. The number of primary amides is 1. The fraction of sp³-hybridized carbons (Fsp3) is 0.409. The fourth-order valence-electron chi connectivity index (χ4n) is 3.65. The summed E-state index contributed by atoms with van der Waals surface area (Å²) >= 11 is 1.24. The smallest absolute Gasteiger partial charge is 0.260 e. The maximum absolute atomic E-state index is 11.0. The highest BCUT2D eigenvalue weighted by molar-refractivity contribution is 7.21. The van der Waals surface area contributed by atoms with E-state index in [0.29, 0.717) is 23.8 Å². The normalized spacial score (nSPS) is 16.9. The number of nitrogen functional groups attached to an aromatic ring is 1. The van der Waals surface area contributed by atoms with Crippen LogP contribution in [0.5, 0.6) is 5.88 Å². The summed E-state index contributed by atoms with van der Waals surface area (Å²) < 4.78 is 15.1. The quantitative estimate of drug-likeness (QED) is 0.535. The van der Waals surface area contributed by atoms with Crippen LogP contribution in [0, 0.1) is 6.92 Å². The number of rotatable bonds is 2. The highest BCUT2D eigenvalue weighted by Crippen LogP contribution is 2.32. The lowest BCUT2D eigenvalue weighted by atomic mass is 10.1. The van der Waals surface area contributed by atoms with Crippen LogP contribution >= 0.6 is 11.3 Å². The van der Waals surface area contributed by atoms with Gasteiger partial charge < -0.3 is 26.8 Å². The van der Waals surface area contributed by atoms with Crippen molar-refractivity contribution in [3.8, 4) is 5.88 Å². The van der Waals surface area contributed by atoms with E-state index < -0.39 is 5.91 Å². The molecule has 6 N–H and O–H groups in total. The van der Waals surface area contributed by atoms with Gasteiger partial charge in [0.25, 0.3) is 5.91 Å². The minimum absolute atomic E-state index is 0.291. The molecular weight excluding hydrogens is 431 g/mol. The number of hydrogen-bond donors (Lipinski definition) is 3. The lowest BCUT2D eigenvalue weighted by molar-refractivity contribution is 0.100. The molecule has 5 rings (SSSR count). The largest absolute Gasteiger partial charge is 0.477 e. The topological polar surface area (TPSA) is 133 Å². The van der Waals surface area contributed by atoms with E-state index in [4.69, 9.17) is 21.9 Å². The standard InChI is InChI=1S/C12H17N3O.C9H9N3OS.CH3F/c13-10-5-6-15(8-10)11-4-3-9-2-1-7-16-12(9)14-11;1-4-2-3-5-6(10)7(8(11)13)14-9(5)12-4;1-2/h3-4,10H,1-2,5-8,13H2;2-3H,10H2,1H3,(H2,11,13);1H3. The molecule has 2 aliphatic heterocycles. The third-order valence-electron chi connectivity index (χ3n) is 5.26. The van der Waals surface area contributed by atoms with E-state index in [1.165, 1.54) is 16.9 Å². The summed E-state index contributed by atoms with van der Waals surface area (Å²) in [6.07, 6.45) is 3.24. The zero-order chi connectivity index (χ0) is 23.3. The van der Waals surface area contributed by atoms with Crippen LogP contribution in [0.2, 0.25) is 0 Å². The van der Waals surface area contributed by atoms with Gasteiger partial charge in [0.15, 0.2) is 0 Å². The summed E-state index contributed by atoms with van der Waals surface area (Å²) in [5, 5.41) is 0.800. The number of aryl methyl sites for hydroxylation is 2. The van der Waals surface area contributed by atoms with Crippen molar-refractivity contribution >= 4 is 39.0 Å². The molecule has 3 aromatic heterocycles. The number of halogens is 1. The second kappa shape index (κ2) is 10.6. The summed E-state index contributed by atoms with van der Waals surface area (Å²) in [6.45, 7) is 4.60. The Bertz CT molecular complexity index is 1090. The molecular formula is C22H29FN6O2S. The van der Waals surface area contributed by atoms with E-state index in [1.807, 2.05) is 19.1 Å². The van der Waals surface area contributed by atoms with Crippen LogP contribution in [0.25, 0.3) is 10.2 Å². The minimum atomic E-state index is -0.497. The van der Waals surface area contributed by atoms with Gasteiger partial charge in [-0.3, -0.25) is 9.18 Å². The number of nitrogens with zero attached hydrogens (tertiary/aromatic N) is 3. The molecule has 1 unspecified atom stereocenters. The molecule has 1 atom stereocenters. The maximum Gasteiger partial charge on any atom is 0.260 e. The van der Waals surface area contributed by atoms with Crippen LogP contribution in [-0.4, -0.2) is 48.8 Å². The maximum atomic E-state index is 11.0. The van der Waals surface area contributed by atoms with Crippen LogP contribution in [0.4, 0.5) is 15.9 Å². The molecule has 0 aromatic carbocycles. The molecule has 0 bridgehead atoms. The van der Waals surface area contributed by atoms with Crippen LogP contribution in [0.1, 0.15) is 33.8 Å². The van der Waals surface area contributed by atoms with Crippen molar-refractivity contribution in [3.63, 3.8) is 0 Å². The van der Waals surface area contributed by atoms with Crippen molar-refractivity contribution in [2.75, 3.05) is 37.5 Å². The first-order valence-electron chi connectivity index (χ1n) is 10.4. The van der Waals surface area contributed by atoms with E-state index in [0.717, 1.165) is 66.6 Å². The van der Waals surface area contributed by atoms with Gasteiger partial charge in [-0.25, -0.2) is 4.98 Å². The monoisotopic (exact) mass is 460 g/mol. The first-order valence-corrected chi connectivity index (χ1v) is 11.2. The number of nitrogens with two attached hydrogens (primary N) is 3. The first-order chi connectivity index (χ1) is 15.4. The third kappa shape index (κ3) is 5.25. The number of thiophene rings is 1. The molecule has 5 heterocycles. The van der Waals surface area contributed by atoms with Gasteiger partial charge >= 0.3 is 0 Å².